The fourth-order valence-electron chi connectivity index (χ4n) is 2.94. The molecule has 0 bridgehead atoms. The monoisotopic (exact) mass is 387 g/mol. The molecule has 2 aromatic rings. The van der Waals surface area contributed by atoms with Crippen LogP contribution in [-0.2, 0) is 29.3 Å². The number of pyridine rings is 1. The summed E-state index contributed by atoms with van der Waals surface area (Å²) in [4.78, 5) is 48.6. The summed E-state index contributed by atoms with van der Waals surface area (Å²) in [5.74, 6) is -2.15. The number of fused-ring (bicyclic) bond motifs is 1. The van der Waals surface area contributed by atoms with E-state index in [0.29, 0.717) is 11.1 Å². The van der Waals surface area contributed by atoms with Crippen LogP contribution in [0.2, 0.25) is 0 Å². The van der Waals surface area contributed by atoms with Gasteiger partial charge in [-0.05, 0) is 17.7 Å². The summed E-state index contributed by atoms with van der Waals surface area (Å²) in [5.41, 5.74) is 5.71. The number of carboxylic acids is 1. The van der Waals surface area contributed by atoms with Gasteiger partial charge in [0.15, 0.2) is 0 Å². The highest BCUT2D eigenvalue weighted by Crippen LogP contribution is 2.26. The van der Waals surface area contributed by atoms with Crippen LogP contribution in [0.3, 0.4) is 0 Å². The first-order valence-electron chi connectivity index (χ1n) is 8.22. The number of carboxylic acid groups (broad SMARTS) is 1. The van der Waals surface area contributed by atoms with Gasteiger partial charge in [-0.3, -0.25) is 14.4 Å². The van der Waals surface area contributed by atoms with Crippen molar-refractivity contribution in [1.82, 2.24) is 9.47 Å². The number of ether oxygens (including phenoxy) is 1. The lowest BCUT2D eigenvalue weighted by Crippen LogP contribution is -2.43. The van der Waals surface area contributed by atoms with Gasteiger partial charge >= 0.3 is 12.0 Å². The van der Waals surface area contributed by atoms with Crippen molar-refractivity contribution in [3.8, 4) is 5.75 Å². The molecule has 3 rings (SSSR count). The molecule has 10 nitrogen and oxygen atoms in total. The fraction of sp³-hybridized carbons (Fsp3) is 0.222. The van der Waals surface area contributed by atoms with Gasteiger partial charge in [-0.1, -0.05) is 12.1 Å². The Hall–Kier alpha value is -3.66. The predicted molar refractivity (Wildman–Crippen MR) is 94.7 cm³/mol. The van der Waals surface area contributed by atoms with Gasteiger partial charge in [0.05, 0.1) is 18.9 Å². The van der Waals surface area contributed by atoms with E-state index in [9.17, 15) is 29.4 Å². The Kier molecular flexibility index (Phi) is 5.14. The number of carbonyl (C=O) groups excluding carboxylic acids is 2. The molecule has 146 valence electrons. The maximum Gasteiger partial charge on any atom is 0.332 e. The van der Waals surface area contributed by atoms with Gasteiger partial charge in [0, 0.05) is 23.7 Å². The van der Waals surface area contributed by atoms with E-state index in [1.165, 1.54) is 24.3 Å². The Labute approximate surface area is 158 Å². The summed E-state index contributed by atoms with van der Waals surface area (Å²) in [6.07, 6.45) is 0. The van der Waals surface area contributed by atoms with Crippen LogP contribution in [0, 0.1) is 0 Å². The smallest absolute Gasteiger partial charge is 0.332 e. The van der Waals surface area contributed by atoms with E-state index in [2.05, 4.69) is 0 Å². The van der Waals surface area contributed by atoms with E-state index in [4.69, 9.17) is 10.5 Å². The second-order valence-electron chi connectivity index (χ2n) is 6.21. The first kappa shape index (κ1) is 19.1. The molecule has 0 aliphatic carbocycles. The molecule has 1 aromatic carbocycles. The van der Waals surface area contributed by atoms with Crippen LogP contribution in [-0.4, -0.2) is 44.1 Å². The van der Waals surface area contributed by atoms with Gasteiger partial charge in [0.25, 0.3) is 5.56 Å². The summed E-state index contributed by atoms with van der Waals surface area (Å²) in [6.45, 7) is -0.784. The molecule has 0 atom stereocenters. The van der Waals surface area contributed by atoms with Crippen LogP contribution in [0.15, 0.2) is 35.1 Å². The van der Waals surface area contributed by atoms with Gasteiger partial charge in [-0.25, -0.2) is 9.36 Å². The van der Waals surface area contributed by atoms with Crippen molar-refractivity contribution in [2.24, 2.45) is 5.73 Å². The largest absolute Gasteiger partial charge is 0.507 e. The summed E-state index contributed by atoms with van der Waals surface area (Å²) in [5, 5.41) is 19.0. The minimum absolute atomic E-state index is 0.0439. The first-order chi connectivity index (χ1) is 13.3. The maximum absolute atomic E-state index is 13.0. The quantitative estimate of drug-likeness (QED) is 0.664. The van der Waals surface area contributed by atoms with Crippen molar-refractivity contribution in [1.29, 1.82) is 0 Å². The number of aliphatic carboxylic acids is 1. The number of aromatic nitrogens is 1. The number of nitrogens with zero attached hydrogens (tertiary/aromatic N) is 2. The SMILES string of the molecule is NC(=O)c1ccc(CN(CC(=O)O)C(=O)n2c3c(c(O)cc2=O)COC3)cc1. The van der Waals surface area contributed by atoms with Crippen LogP contribution >= 0.6 is 0 Å². The molecule has 0 spiro atoms. The van der Waals surface area contributed by atoms with Crippen molar-refractivity contribution in [2.45, 2.75) is 19.8 Å². The Morgan fingerprint density at radius 1 is 1.18 bits per heavy atom. The second-order valence-corrected chi connectivity index (χ2v) is 6.21. The van der Waals surface area contributed by atoms with Crippen LogP contribution < -0.4 is 11.3 Å². The molecular formula is C18H17N3O7. The average molecular weight is 387 g/mol. The third-order valence-corrected chi connectivity index (χ3v) is 4.29. The molecule has 0 saturated heterocycles. The van der Waals surface area contributed by atoms with Crippen LogP contribution in [0.4, 0.5) is 4.79 Å². The number of amides is 2. The zero-order chi connectivity index (χ0) is 20.4. The Balaban J connectivity index is 1.95. The molecule has 4 N–H and O–H groups in total. The highest BCUT2D eigenvalue weighted by Gasteiger charge is 2.28. The van der Waals surface area contributed by atoms with Crippen molar-refractivity contribution in [3.05, 3.63) is 63.1 Å². The molecule has 10 heteroatoms. The van der Waals surface area contributed by atoms with E-state index in [1.54, 1.807) is 0 Å². The van der Waals surface area contributed by atoms with Crippen molar-refractivity contribution in [3.63, 3.8) is 0 Å². The number of rotatable bonds is 5. The Bertz CT molecular complexity index is 1010. The fourth-order valence-corrected chi connectivity index (χ4v) is 2.94. The highest BCUT2D eigenvalue weighted by molar-refractivity contribution is 5.92. The van der Waals surface area contributed by atoms with E-state index < -0.39 is 30.0 Å². The number of benzene rings is 1. The van der Waals surface area contributed by atoms with E-state index >= 15 is 0 Å². The lowest BCUT2D eigenvalue weighted by Gasteiger charge is -2.23. The maximum atomic E-state index is 13.0. The molecule has 0 saturated carbocycles. The molecule has 0 unspecified atom stereocenters. The van der Waals surface area contributed by atoms with Crippen LogP contribution in [0.25, 0.3) is 0 Å². The minimum atomic E-state index is -1.26. The van der Waals surface area contributed by atoms with E-state index in [-0.39, 0.29) is 36.8 Å². The number of nitrogens with two attached hydrogens (primary N) is 1. The van der Waals surface area contributed by atoms with E-state index in [0.717, 1.165) is 15.5 Å². The third-order valence-electron chi connectivity index (χ3n) is 4.29. The van der Waals surface area contributed by atoms with Gasteiger partial charge in [-0.2, -0.15) is 0 Å². The molecule has 1 aliphatic rings. The lowest BCUT2D eigenvalue weighted by molar-refractivity contribution is -0.137. The van der Waals surface area contributed by atoms with Crippen LogP contribution in [0.1, 0.15) is 27.2 Å². The van der Waals surface area contributed by atoms with Gasteiger partial charge in [-0.15, -0.1) is 0 Å². The molecule has 0 fully saturated rings. The summed E-state index contributed by atoms with van der Waals surface area (Å²) >= 11 is 0. The normalized spacial score (nSPS) is 12.4. The average Bonchev–Trinajstić information content (AvgIpc) is 3.11. The topological polar surface area (TPSA) is 152 Å². The number of aromatic hydroxyl groups is 1. The highest BCUT2D eigenvalue weighted by atomic mass is 16.5. The molecular weight excluding hydrogens is 370 g/mol. The summed E-state index contributed by atoms with van der Waals surface area (Å²) < 4.78 is 6.01. The standard InChI is InChI=1S/C18H17N3O7/c19-17(26)11-3-1-10(2-4-11)6-20(7-16(24)25)18(27)21-13-9-28-8-12(13)14(22)5-15(21)23/h1-5,22H,6-9H2,(H2,19,26)(H,24,25). The van der Waals surface area contributed by atoms with Crippen molar-refractivity contribution < 1.29 is 29.3 Å². The second kappa shape index (κ2) is 7.53. The summed E-state index contributed by atoms with van der Waals surface area (Å²) in [6, 6.07) is 6.03. The summed E-state index contributed by atoms with van der Waals surface area (Å²) in [7, 11) is 0. The van der Waals surface area contributed by atoms with Crippen molar-refractivity contribution in [2.75, 3.05) is 6.54 Å². The van der Waals surface area contributed by atoms with Gasteiger partial charge in [0.2, 0.25) is 5.91 Å². The number of primary amides is 1. The number of carbonyl (C=O) groups is 3. The predicted octanol–water partition coefficient (Wildman–Crippen LogP) is 0.238. The number of hydrogen-bond acceptors (Lipinski definition) is 6. The Morgan fingerprint density at radius 3 is 2.46 bits per heavy atom. The van der Waals surface area contributed by atoms with Gasteiger partial charge < -0.3 is 25.6 Å². The van der Waals surface area contributed by atoms with Crippen LogP contribution in [0.5, 0.6) is 5.75 Å². The molecule has 0 radical (unpaired) electrons. The zero-order valence-electron chi connectivity index (χ0n) is 14.6. The number of hydrogen-bond donors (Lipinski definition) is 3. The molecule has 1 aliphatic heterocycles. The van der Waals surface area contributed by atoms with Crippen molar-refractivity contribution >= 4 is 17.9 Å². The minimum Gasteiger partial charge on any atom is -0.507 e. The zero-order valence-corrected chi connectivity index (χ0v) is 14.6. The molecule has 1 aromatic heterocycles. The lowest BCUT2D eigenvalue weighted by atomic mass is 10.1. The first-order valence-corrected chi connectivity index (χ1v) is 8.22. The third kappa shape index (κ3) is 3.71. The molecule has 2 amide bonds. The molecule has 2 heterocycles. The van der Waals surface area contributed by atoms with E-state index in [1.807, 2.05) is 0 Å². The molecule has 28 heavy (non-hydrogen) atoms. The van der Waals surface area contributed by atoms with Gasteiger partial charge in [0.1, 0.15) is 12.3 Å². The Morgan fingerprint density at radius 2 is 1.86 bits per heavy atom.